The van der Waals surface area contributed by atoms with Crippen LogP contribution in [0.3, 0.4) is 0 Å². The molecule has 0 unspecified atom stereocenters. The van der Waals surface area contributed by atoms with Crippen LogP contribution in [0.5, 0.6) is 0 Å². The molecule has 0 spiro atoms. The van der Waals surface area contributed by atoms with Gasteiger partial charge in [-0.05, 0) is 43.5 Å². The molecule has 0 N–H and O–H groups in total. The lowest BCUT2D eigenvalue weighted by molar-refractivity contribution is -0.133. The molecular formula is C20H25N3O5S. The summed E-state index contributed by atoms with van der Waals surface area (Å²) in [5.74, 6) is 0.136. The Kier molecular flexibility index (Phi) is 5.71. The van der Waals surface area contributed by atoms with Crippen molar-refractivity contribution >= 4 is 26.9 Å². The van der Waals surface area contributed by atoms with E-state index in [9.17, 15) is 18.0 Å². The lowest BCUT2D eigenvalue weighted by Gasteiger charge is -2.35. The van der Waals surface area contributed by atoms with Crippen molar-refractivity contribution in [1.82, 2.24) is 14.1 Å². The molecule has 2 aliphatic rings. The lowest BCUT2D eigenvalue weighted by atomic mass is 10.1. The number of piperazine rings is 1. The molecule has 2 aromatic rings. The number of piperidine rings is 1. The summed E-state index contributed by atoms with van der Waals surface area (Å²) in [4.78, 5) is 27.9. The summed E-state index contributed by atoms with van der Waals surface area (Å²) in [7, 11) is -3.64. The molecule has 0 atom stereocenters. The maximum atomic E-state index is 13.0. The molecule has 4 rings (SSSR count). The quantitative estimate of drug-likeness (QED) is 0.690. The van der Waals surface area contributed by atoms with Gasteiger partial charge in [-0.25, -0.2) is 13.2 Å². The van der Waals surface area contributed by atoms with Crippen molar-refractivity contribution in [3.63, 3.8) is 0 Å². The Labute approximate surface area is 169 Å². The number of benzene rings is 1. The van der Waals surface area contributed by atoms with E-state index in [0.717, 1.165) is 25.9 Å². The first kappa shape index (κ1) is 20.1. The number of carbonyl (C=O) groups is 1. The number of nitrogens with zero attached hydrogens (tertiary/aromatic N) is 3. The van der Waals surface area contributed by atoms with Crippen molar-refractivity contribution in [3.05, 3.63) is 40.8 Å². The zero-order valence-electron chi connectivity index (χ0n) is 16.2. The molecule has 3 heterocycles. The van der Waals surface area contributed by atoms with Gasteiger partial charge in [0.1, 0.15) is 5.58 Å². The van der Waals surface area contributed by atoms with Gasteiger partial charge in [0.15, 0.2) is 0 Å². The Bertz CT molecular complexity index is 1050. The van der Waals surface area contributed by atoms with Crippen LogP contribution in [-0.2, 0) is 14.8 Å². The van der Waals surface area contributed by atoms with E-state index in [-0.39, 0.29) is 10.8 Å². The largest absolute Gasteiger partial charge is 0.423 e. The second-order valence-corrected chi connectivity index (χ2v) is 9.51. The average Bonchev–Trinajstić information content (AvgIpc) is 2.74. The molecule has 9 heteroatoms. The second-order valence-electron chi connectivity index (χ2n) is 7.58. The highest BCUT2D eigenvalue weighted by Gasteiger charge is 2.30. The number of rotatable bonds is 4. The van der Waals surface area contributed by atoms with Crippen LogP contribution >= 0.6 is 0 Å². The van der Waals surface area contributed by atoms with Gasteiger partial charge in [-0.3, -0.25) is 9.69 Å². The molecule has 29 heavy (non-hydrogen) atoms. The fourth-order valence-electron chi connectivity index (χ4n) is 3.92. The maximum absolute atomic E-state index is 13.0. The smallest absolute Gasteiger partial charge is 0.336 e. The Morgan fingerprint density at radius 2 is 1.66 bits per heavy atom. The van der Waals surface area contributed by atoms with Crippen LogP contribution in [-0.4, -0.2) is 74.2 Å². The normalized spacial score (nSPS) is 19.5. The van der Waals surface area contributed by atoms with E-state index in [1.807, 2.05) is 9.80 Å². The van der Waals surface area contributed by atoms with Crippen LogP contribution in [0.4, 0.5) is 0 Å². The third kappa shape index (κ3) is 4.36. The van der Waals surface area contributed by atoms with E-state index in [1.165, 1.54) is 35.0 Å². The Morgan fingerprint density at radius 3 is 2.38 bits per heavy atom. The van der Waals surface area contributed by atoms with Crippen molar-refractivity contribution in [3.8, 4) is 0 Å². The summed E-state index contributed by atoms with van der Waals surface area (Å²) in [5, 5.41) is 0.566. The molecule has 2 saturated heterocycles. The first-order valence-corrected chi connectivity index (χ1v) is 11.4. The van der Waals surface area contributed by atoms with E-state index in [4.69, 9.17) is 4.42 Å². The zero-order valence-corrected chi connectivity index (χ0v) is 17.1. The van der Waals surface area contributed by atoms with Gasteiger partial charge in [0.2, 0.25) is 15.9 Å². The molecule has 0 radical (unpaired) electrons. The van der Waals surface area contributed by atoms with Crippen LogP contribution in [0.25, 0.3) is 11.0 Å². The molecule has 0 bridgehead atoms. The van der Waals surface area contributed by atoms with Crippen molar-refractivity contribution < 1.29 is 17.6 Å². The van der Waals surface area contributed by atoms with E-state index in [0.29, 0.717) is 43.7 Å². The van der Waals surface area contributed by atoms with Gasteiger partial charge in [0, 0.05) is 50.7 Å². The molecule has 0 saturated carbocycles. The molecule has 2 aliphatic heterocycles. The van der Waals surface area contributed by atoms with Gasteiger partial charge >= 0.3 is 5.63 Å². The van der Waals surface area contributed by atoms with Gasteiger partial charge in [-0.2, -0.15) is 4.31 Å². The fourth-order valence-corrected chi connectivity index (χ4v) is 5.38. The van der Waals surface area contributed by atoms with Crippen LogP contribution < -0.4 is 5.63 Å². The predicted octanol–water partition coefficient (Wildman–Crippen LogP) is 1.11. The van der Waals surface area contributed by atoms with Crippen LogP contribution in [0.2, 0.25) is 0 Å². The first-order chi connectivity index (χ1) is 13.9. The summed E-state index contributed by atoms with van der Waals surface area (Å²) in [6.07, 6.45) is 3.31. The minimum Gasteiger partial charge on any atom is -0.423 e. The summed E-state index contributed by atoms with van der Waals surface area (Å²) in [5.41, 5.74) is -0.110. The monoisotopic (exact) mass is 419 g/mol. The average molecular weight is 420 g/mol. The van der Waals surface area contributed by atoms with Crippen molar-refractivity contribution in [2.24, 2.45) is 0 Å². The minimum absolute atomic E-state index is 0.136. The molecule has 0 aliphatic carbocycles. The Morgan fingerprint density at radius 1 is 0.931 bits per heavy atom. The molecule has 2 fully saturated rings. The number of fused-ring (bicyclic) bond motifs is 1. The van der Waals surface area contributed by atoms with Gasteiger partial charge < -0.3 is 9.32 Å². The highest BCUT2D eigenvalue weighted by atomic mass is 32.2. The first-order valence-electron chi connectivity index (χ1n) is 9.98. The van der Waals surface area contributed by atoms with E-state index in [1.54, 1.807) is 6.07 Å². The Hall–Kier alpha value is -2.23. The second kappa shape index (κ2) is 8.25. The maximum Gasteiger partial charge on any atom is 0.336 e. The topological polar surface area (TPSA) is 91.1 Å². The third-order valence-electron chi connectivity index (χ3n) is 5.63. The summed E-state index contributed by atoms with van der Waals surface area (Å²) in [6, 6.07) is 7.34. The number of hydrogen-bond acceptors (Lipinski definition) is 6. The molecule has 1 amide bonds. The molecular weight excluding hydrogens is 394 g/mol. The Balaban J connectivity index is 1.40. The predicted molar refractivity (Wildman–Crippen MR) is 108 cm³/mol. The van der Waals surface area contributed by atoms with Gasteiger partial charge in [0.25, 0.3) is 0 Å². The number of hydrogen-bond donors (Lipinski definition) is 0. The summed E-state index contributed by atoms with van der Waals surface area (Å²) in [6.45, 7) is 3.75. The number of amides is 1. The number of sulfonamides is 1. The molecule has 1 aromatic heterocycles. The van der Waals surface area contributed by atoms with Crippen molar-refractivity contribution in [2.45, 2.75) is 24.2 Å². The van der Waals surface area contributed by atoms with E-state index >= 15 is 0 Å². The van der Waals surface area contributed by atoms with Gasteiger partial charge in [0.05, 0.1) is 11.4 Å². The fraction of sp³-hybridized carbons (Fsp3) is 0.500. The zero-order chi connectivity index (χ0) is 20.4. The molecule has 1 aromatic carbocycles. The molecule has 8 nitrogen and oxygen atoms in total. The van der Waals surface area contributed by atoms with Crippen LogP contribution in [0, 0.1) is 0 Å². The van der Waals surface area contributed by atoms with E-state index < -0.39 is 15.6 Å². The molecule has 156 valence electrons. The summed E-state index contributed by atoms with van der Waals surface area (Å²) < 4.78 is 32.6. The van der Waals surface area contributed by atoms with E-state index in [2.05, 4.69) is 0 Å². The standard InChI is InChI=1S/C20H25N3O5S/c24-19(22-8-2-1-3-9-22)15-21-10-12-23(13-11-21)29(26,27)17-5-6-18-16(14-17)4-7-20(25)28-18/h4-7,14H,1-3,8-13,15H2. The number of likely N-dealkylation sites (tertiary alicyclic amines) is 1. The van der Waals surface area contributed by atoms with Gasteiger partial charge in [-0.15, -0.1) is 0 Å². The third-order valence-corrected chi connectivity index (χ3v) is 7.52. The van der Waals surface area contributed by atoms with Crippen molar-refractivity contribution in [2.75, 3.05) is 45.8 Å². The highest BCUT2D eigenvalue weighted by Crippen LogP contribution is 2.22. The lowest BCUT2D eigenvalue weighted by Crippen LogP contribution is -2.51. The summed E-state index contributed by atoms with van der Waals surface area (Å²) >= 11 is 0. The minimum atomic E-state index is -3.64. The van der Waals surface area contributed by atoms with Crippen molar-refractivity contribution in [1.29, 1.82) is 0 Å². The highest BCUT2D eigenvalue weighted by molar-refractivity contribution is 7.89. The number of carbonyl (C=O) groups excluding carboxylic acids is 1. The van der Waals surface area contributed by atoms with Gasteiger partial charge in [-0.1, -0.05) is 0 Å². The SMILES string of the molecule is O=C(CN1CCN(S(=O)(=O)c2ccc3oc(=O)ccc3c2)CC1)N1CCCCC1. The van der Waals surface area contributed by atoms with Crippen LogP contribution in [0.1, 0.15) is 19.3 Å². The van der Waals surface area contributed by atoms with Crippen LogP contribution in [0.15, 0.2) is 44.4 Å².